The van der Waals surface area contributed by atoms with E-state index in [0.717, 1.165) is 16.7 Å². The molecule has 0 unspecified atom stereocenters. The average molecular weight is 451 g/mol. The van der Waals surface area contributed by atoms with Crippen LogP contribution in [0.2, 0.25) is 0 Å². The predicted octanol–water partition coefficient (Wildman–Crippen LogP) is 3.82. The highest BCUT2D eigenvalue weighted by atomic mass is 32.2. The summed E-state index contributed by atoms with van der Waals surface area (Å²) in [5, 5.41) is 2.92. The van der Waals surface area contributed by atoms with Crippen LogP contribution < -0.4 is 10.1 Å². The fourth-order valence-corrected chi connectivity index (χ4v) is 5.14. The maximum Gasteiger partial charge on any atom is 0.251 e. The lowest BCUT2D eigenvalue weighted by molar-refractivity contribution is 0.0950. The molecule has 0 radical (unpaired) electrons. The maximum atomic E-state index is 13.2. The summed E-state index contributed by atoms with van der Waals surface area (Å²) in [5.74, 6) is 0.382. The Kier molecular flexibility index (Phi) is 6.30. The zero-order valence-corrected chi connectivity index (χ0v) is 19.0. The van der Waals surface area contributed by atoms with Gasteiger partial charge in [-0.25, -0.2) is 8.42 Å². The summed E-state index contributed by atoms with van der Waals surface area (Å²) in [6.45, 7) is 4.92. The highest BCUT2D eigenvalue weighted by Gasteiger charge is 2.28. The Morgan fingerprint density at radius 2 is 1.78 bits per heavy atom. The largest absolute Gasteiger partial charge is 0.492 e. The molecule has 166 valence electrons. The van der Waals surface area contributed by atoms with Gasteiger partial charge in [0.05, 0.1) is 4.90 Å². The van der Waals surface area contributed by atoms with Crippen molar-refractivity contribution in [3.8, 4) is 5.75 Å². The van der Waals surface area contributed by atoms with Crippen molar-refractivity contribution in [2.75, 3.05) is 13.2 Å². The van der Waals surface area contributed by atoms with Crippen LogP contribution in [-0.4, -0.2) is 31.8 Å². The van der Waals surface area contributed by atoms with Gasteiger partial charge in [-0.15, -0.1) is 0 Å². The molecule has 0 aromatic heterocycles. The number of hydrogen-bond donors (Lipinski definition) is 1. The molecule has 1 aliphatic rings. The monoisotopic (exact) mass is 450 g/mol. The molecule has 1 N–H and O–H groups in total. The van der Waals surface area contributed by atoms with Crippen LogP contribution in [0.4, 0.5) is 0 Å². The van der Waals surface area contributed by atoms with Gasteiger partial charge in [0.1, 0.15) is 12.4 Å². The number of nitrogens with one attached hydrogen (secondary N) is 1. The van der Waals surface area contributed by atoms with Gasteiger partial charge in [-0.2, -0.15) is 4.31 Å². The van der Waals surface area contributed by atoms with Gasteiger partial charge in [0.15, 0.2) is 0 Å². The molecular formula is C25H26N2O4S. The fraction of sp³-hybridized carbons (Fsp3) is 0.240. The second-order valence-electron chi connectivity index (χ2n) is 7.99. The minimum atomic E-state index is -3.68. The van der Waals surface area contributed by atoms with Crippen LogP contribution in [0.1, 0.15) is 32.6 Å². The molecular weight excluding hydrogens is 424 g/mol. The number of amides is 1. The number of nitrogens with zero attached hydrogens (tertiary/aromatic N) is 1. The van der Waals surface area contributed by atoms with Crippen molar-refractivity contribution >= 4 is 15.9 Å². The number of hydrogen-bond acceptors (Lipinski definition) is 4. The average Bonchev–Trinajstić information content (AvgIpc) is 3.01. The van der Waals surface area contributed by atoms with Crippen molar-refractivity contribution in [2.24, 2.45) is 0 Å². The topological polar surface area (TPSA) is 75.7 Å². The Bertz CT molecular complexity index is 1240. The van der Waals surface area contributed by atoms with Crippen molar-refractivity contribution in [1.82, 2.24) is 9.62 Å². The molecule has 0 bridgehead atoms. The van der Waals surface area contributed by atoms with E-state index in [1.54, 1.807) is 36.4 Å². The molecule has 1 amide bonds. The van der Waals surface area contributed by atoms with Gasteiger partial charge >= 0.3 is 0 Å². The Morgan fingerprint density at radius 1 is 1.00 bits per heavy atom. The van der Waals surface area contributed by atoms with Crippen LogP contribution >= 0.6 is 0 Å². The summed E-state index contributed by atoms with van der Waals surface area (Å²) in [7, 11) is -3.68. The molecule has 0 saturated carbocycles. The number of sulfonamides is 1. The van der Waals surface area contributed by atoms with Crippen LogP contribution in [0.15, 0.2) is 71.6 Å². The summed E-state index contributed by atoms with van der Waals surface area (Å²) in [6, 6.07) is 20.0. The lowest BCUT2D eigenvalue weighted by Crippen LogP contribution is -2.32. The van der Waals surface area contributed by atoms with E-state index in [9.17, 15) is 13.2 Å². The molecule has 0 fully saturated rings. The molecule has 1 heterocycles. The van der Waals surface area contributed by atoms with Gasteiger partial charge < -0.3 is 10.1 Å². The molecule has 32 heavy (non-hydrogen) atoms. The predicted molar refractivity (Wildman–Crippen MR) is 123 cm³/mol. The number of fused-ring (bicyclic) bond motifs is 1. The summed E-state index contributed by atoms with van der Waals surface area (Å²) in [4.78, 5) is 13.0. The number of carbonyl (C=O) groups is 1. The number of benzene rings is 3. The van der Waals surface area contributed by atoms with Gasteiger partial charge in [-0.05, 0) is 55.3 Å². The molecule has 6 nitrogen and oxygen atoms in total. The minimum Gasteiger partial charge on any atom is -0.492 e. The lowest BCUT2D eigenvalue weighted by atomic mass is 10.1. The first-order valence-corrected chi connectivity index (χ1v) is 11.9. The van der Waals surface area contributed by atoms with Crippen LogP contribution in [0.25, 0.3) is 0 Å². The molecule has 0 saturated heterocycles. The summed E-state index contributed by atoms with van der Waals surface area (Å²) in [6.07, 6.45) is 0. The third kappa shape index (κ3) is 4.84. The zero-order valence-electron chi connectivity index (χ0n) is 18.2. The van der Waals surface area contributed by atoms with Crippen molar-refractivity contribution in [3.63, 3.8) is 0 Å². The van der Waals surface area contributed by atoms with E-state index in [4.69, 9.17) is 4.74 Å². The van der Waals surface area contributed by atoms with Crippen molar-refractivity contribution < 1.29 is 17.9 Å². The first-order valence-electron chi connectivity index (χ1n) is 10.5. The quantitative estimate of drug-likeness (QED) is 0.641. The number of rotatable bonds is 5. The molecule has 7 heteroatoms. The molecule has 4 rings (SSSR count). The van der Waals surface area contributed by atoms with E-state index < -0.39 is 10.0 Å². The van der Waals surface area contributed by atoms with Gasteiger partial charge in [0.25, 0.3) is 5.91 Å². The number of aryl methyl sites for hydroxylation is 2. The Morgan fingerprint density at radius 3 is 2.53 bits per heavy atom. The highest BCUT2D eigenvalue weighted by Crippen LogP contribution is 2.28. The van der Waals surface area contributed by atoms with Crippen LogP contribution in [0.5, 0.6) is 5.75 Å². The van der Waals surface area contributed by atoms with E-state index in [0.29, 0.717) is 23.4 Å². The molecule has 0 spiro atoms. The van der Waals surface area contributed by atoms with E-state index >= 15 is 0 Å². The zero-order chi connectivity index (χ0) is 22.7. The first kappa shape index (κ1) is 22.0. The first-order chi connectivity index (χ1) is 15.3. The second-order valence-corrected chi connectivity index (χ2v) is 9.93. The molecule has 3 aromatic rings. The second kappa shape index (κ2) is 9.14. The van der Waals surface area contributed by atoms with E-state index in [1.807, 2.05) is 44.2 Å². The van der Waals surface area contributed by atoms with Crippen LogP contribution in [0.3, 0.4) is 0 Å². The normalized spacial score (nSPS) is 14.2. The van der Waals surface area contributed by atoms with E-state index in [2.05, 4.69) is 5.32 Å². The SMILES string of the molecule is Cc1ccc(CNC(=O)c2ccc3c(c2)CN(S(=O)(=O)c2cccc(C)c2)CCO3)cc1. The van der Waals surface area contributed by atoms with Crippen molar-refractivity contribution in [2.45, 2.75) is 31.8 Å². The van der Waals surface area contributed by atoms with Gasteiger partial charge in [-0.1, -0.05) is 42.0 Å². The third-order valence-electron chi connectivity index (χ3n) is 5.47. The number of ether oxygens (including phenoxy) is 1. The molecule has 1 aliphatic heterocycles. The van der Waals surface area contributed by atoms with Gasteiger partial charge in [0, 0.05) is 30.8 Å². The Labute approximate surface area is 188 Å². The smallest absolute Gasteiger partial charge is 0.251 e. The summed E-state index contributed by atoms with van der Waals surface area (Å²) >= 11 is 0. The lowest BCUT2D eigenvalue weighted by Gasteiger charge is -2.20. The van der Waals surface area contributed by atoms with E-state index in [-0.39, 0.29) is 30.5 Å². The van der Waals surface area contributed by atoms with Crippen molar-refractivity contribution in [1.29, 1.82) is 0 Å². The summed E-state index contributed by atoms with van der Waals surface area (Å²) < 4.78 is 33.6. The molecule has 0 aliphatic carbocycles. The molecule has 3 aromatic carbocycles. The highest BCUT2D eigenvalue weighted by molar-refractivity contribution is 7.89. The van der Waals surface area contributed by atoms with Crippen molar-refractivity contribution in [3.05, 3.63) is 94.5 Å². The van der Waals surface area contributed by atoms with Crippen LogP contribution in [-0.2, 0) is 23.1 Å². The minimum absolute atomic E-state index is 0.144. The van der Waals surface area contributed by atoms with E-state index in [1.165, 1.54) is 4.31 Å². The standard InChI is InChI=1S/C25H26N2O4S/c1-18-6-8-20(9-7-18)16-26-25(28)21-10-11-24-22(15-21)17-27(12-13-31-24)32(29,30)23-5-3-4-19(2)14-23/h3-11,14-15H,12-13,16-17H2,1-2H3,(H,26,28). The Hall–Kier alpha value is -3.16. The molecule has 0 atom stereocenters. The fourth-order valence-electron chi connectivity index (χ4n) is 3.63. The van der Waals surface area contributed by atoms with Crippen LogP contribution in [0, 0.1) is 13.8 Å². The Balaban J connectivity index is 1.53. The third-order valence-corrected chi connectivity index (χ3v) is 7.31. The maximum absolute atomic E-state index is 13.2. The van der Waals surface area contributed by atoms with Gasteiger partial charge in [-0.3, -0.25) is 4.79 Å². The summed E-state index contributed by atoms with van der Waals surface area (Å²) in [5.41, 5.74) is 4.19. The number of carbonyl (C=O) groups excluding carboxylic acids is 1. The van der Waals surface area contributed by atoms with Gasteiger partial charge in [0.2, 0.25) is 10.0 Å².